The van der Waals surface area contributed by atoms with E-state index in [1.807, 2.05) is 24.4 Å². The van der Waals surface area contributed by atoms with Gasteiger partial charge >= 0.3 is 0 Å². The molecule has 3 aromatic rings. The van der Waals surface area contributed by atoms with E-state index in [4.69, 9.17) is 4.42 Å². The molecule has 0 saturated carbocycles. The van der Waals surface area contributed by atoms with Gasteiger partial charge in [0.15, 0.2) is 5.76 Å². The van der Waals surface area contributed by atoms with Crippen molar-refractivity contribution in [2.75, 3.05) is 5.32 Å². The Morgan fingerprint density at radius 2 is 2.12 bits per heavy atom. The van der Waals surface area contributed by atoms with Crippen LogP contribution in [0.5, 0.6) is 0 Å². The Bertz CT molecular complexity index is 854. The molecule has 2 heterocycles. The summed E-state index contributed by atoms with van der Waals surface area (Å²) in [4.78, 5) is 12.5. The normalized spacial score (nSPS) is 10.8. The molecular weight excluding hydrogens is 382 g/mol. The Balaban J connectivity index is 1.68. The summed E-state index contributed by atoms with van der Waals surface area (Å²) in [5.74, 6) is 0.739. The summed E-state index contributed by atoms with van der Waals surface area (Å²) in [6, 6.07) is 11.4. The highest BCUT2D eigenvalue weighted by atomic mass is 79.9. The lowest BCUT2D eigenvalue weighted by atomic mass is 10.1. The van der Waals surface area contributed by atoms with E-state index in [0.29, 0.717) is 18.1 Å². The van der Waals surface area contributed by atoms with Crippen molar-refractivity contribution in [2.45, 2.75) is 32.7 Å². The number of anilines is 1. The number of carbonyl (C=O) groups excluding carboxylic acids is 1. The average Bonchev–Trinajstić information content (AvgIpc) is 3.23. The van der Waals surface area contributed by atoms with Gasteiger partial charge < -0.3 is 9.73 Å². The van der Waals surface area contributed by atoms with E-state index in [2.05, 4.69) is 39.3 Å². The molecule has 1 N–H and O–H groups in total. The number of amides is 1. The Morgan fingerprint density at radius 1 is 1.28 bits per heavy atom. The summed E-state index contributed by atoms with van der Waals surface area (Å²) in [7, 11) is 0. The molecule has 0 aliphatic heterocycles. The number of nitrogens with zero attached hydrogens (tertiary/aromatic N) is 2. The van der Waals surface area contributed by atoms with Gasteiger partial charge in [0.1, 0.15) is 5.76 Å². The molecule has 25 heavy (non-hydrogen) atoms. The third kappa shape index (κ3) is 4.60. The molecule has 6 heteroatoms. The molecule has 2 aromatic heterocycles. The summed E-state index contributed by atoms with van der Waals surface area (Å²) in [6.07, 6.45) is 6.73. The van der Waals surface area contributed by atoms with Gasteiger partial charge in [-0.2, -0.15) is 5.10 Å². The molecule has 0 unspecified atom stereocenters. The summed E-state index contributed by atoms with van der Waals surface area (Å²) < 4.78 is 8.31. The van der Waals surface area contributed by atoms with Gasteiger partial charge in [-0.25, -0.2) is 0 Å². The molecule has 5 nitrogen and oxygen atoms in total. The summed E-state index contributed by atoms with van der Waals surface area (Å²) in [5, 5.41) is 7.14. The van der Waals surface area contributed by atoms with Crippen molar-refractivity contribution in [2.24, 2.45) is 0 Å². The third-order valence-corrected chi connectivity index (χ3v) is 4.28. The molecule has 0 spiro atoms. The first-order valence-electron chi connectivity index (χ1n) is 8.31. The SMILES string of the molecule is CCCCc1ccccc1NC(=O)c1ccc(Cn2cc(Br)cn2)o1. The second-order valence-electron chi connectivity index (χ2n) is 5.84. The third-order valence-electron chi connectivity index (χ3n) is 3.87. The number of rotatable bonds is 7. The number of para-hydroxylation sites is 1. The maximum Gasteiger partial charge on any atom is 0.291 e. The van der Waals surface area contributed by atoms with Gasteiger partial charge in [-0.1, -0.05) is 31.5 Å². The number of nitrogens with one attached hydrogen (secondary N) is 1. The van der Waals surface area contributed by atoms with Crippen molar-refractivity contribution in [3.8, 4) is 0 Å². The van der Waals surface area contributed by atoms with Gasteiger partial charge in [0.2, 0.25) is 0 Å². The van der Waals surface area contributed by atoms with Crippen molar-refractivity contribution < 1.29 is 9.21 Å². The highest BCUT2D eigenvalue weighted by molar-refractivity contribution is 9.10. The zero-order chi connectivity index (χ0) is 17.6. The van der Waals surface area contributed by atoms with Gasteiger partial charge in [0.05, 0.1) is 17.2 Å². The van der Waals surface area contributed by atoms with Crippen molar-refractivity contribution in [3.63, 3.8) is 0 Å². The lowest BCUT2D eigenvalue weighted by Gasteiger charge is -2.09. The monoisotopic (exact) mass is 401 g/mol. The van der Waals surface area contributed by atoms with Crippen molar-refractivity contribution >= 4 is 27.5 Å². The molecule has 0 bridgehead atoms. The van der Waals surface area contributed by atoms with Crippen molar-refractivity contribution in [1.82, 2.24) is 9.78 Å². The van der Waals surface area contributed by atoms with Crippen LogP contribution in [-0.4, -0.2) is 15.7 Å². The number of carbonyl (C=O) groups is 1. The minimum absolute atomic E-state index is 0.239. The predicted molar refractivity (Wildman–Crippen MR) is 101 cm³/mol. The predicted octanol–water partition coefficient (Wildman–Crippen LogP) is 4.88. The van der Waals surface area contributed by atoms with Gasteiger partial charge in [-0.05, 0) is 52.5 Å². The van der Waals surface area contributed by atoms with Crippen LogP contribution in [0.1, 0.15) is 41.6 Å². The van der Waals surface area contributed by atoms with Crippen LogP contribution >= 0.6 is 15.9 Å². The Kier molecular flexibility index (Phi) is 5.71. The fourth-order valence-electron chi connectivity index (χ4n) is 2.58. The molecule has 1 aromatic carbocycles. The largest absolute Gasteiger partial charge is 0.454 e. The van der Waals surface area contributed by atoms with Gasteiger partial charge in [-0.15, -0.1) is 0 Å². The lowest BCUT2D eigenvalue weighted by molar-refractivity contribution is 0.0994. The fraction of sp³-hybridized carbons (Fsp3) is 0.263. The van der Waals surface area contributed by atoms with Crippen LogP contribution in [-0.2, 0) is 13.0 Å². The maximum absolute atomic E-state index is 12.5. The number of hydrogen-bond donors (Lipinski definition) is 1. The number of unbranched alkanes of at least 4 members (excludes halogenated alkanes) is 1. The van der Waals surface area contributed by atoms with E-state index >= 15 is 0 Å². The van der Waals surface area contributed by atoms with Crippen LogP contribution in [0.15, 0.2) is 57.7 Å². The Hall–Kier alpha value is -2.34. The van der Waals surface area contributed by atoms with E-state index in [1.165, 1.54) is 0 Å². The van der Waals surface area contributed by atoms with Crippen molar-refractivity contribution in [3.05, 3.63) is 70.3 Å². The number of hydrogen-bond acceptors (Lipinski definition) is 3. The highest BCUT2D eigenvalue weighted by Gasteiger charge is 2.13. The van der Waals surface area contributed by atoms with Gasteiger partial charge in [-0.3, -0.25) is 9.48 Å². The minimum Gasteiger partial charge on any atom is -0.454 e. The quantitative estimate of drug-likeness (QED) is 0.613. The number of aryl methyl sites for hydroxylation is 1. The number of aromatic nitrogens is 2. The van der Waals surface area contributed by atoms with Crippen LogP contribution in [0.2, 0.25) is 0 Å². The number of benzene rings is 1. The number of furan rings is 1. The van der Waals surface area contributed by atoms with E-state index in [-0.39, 0.29) is 5.91 Å². The van der Waals surface area contributed by atoms with E-state index in [1.54, 1.807) is 23.0 Å². The summed E-state index contributed by atoms with van der Waals surface area (Å²) in [6.45, 7) is 2.63. The second kappa shape index (κ2) is 8.16. The van der Waals surface area contributed by atoms with E-state index < -0.39 is 0 Å². The average molecular weight is 402 g/mol. The van der Waals surface area contributed by atoms with Crippen LogP contribution < -0.4 is 5.32 Å². The van der Waals surface area contributed by atoms with E-state index in [0.717, 1.165) is 35.0 Å². The maximum atomic E-state index is 12.5. The molecule has 1 amide bonds. The molecule has 0 aliphatic rings. The minimum atomic E-state index is -0.239. The Morgan fingerprint density at radius 3 is 2.88 bits per heavy atom. The smallest absolute Gasteiger partial charge is 0.291 e. The Labute approximate surface area is 155 Å². The zero-order valence-electron chi connectivity index (χ0n) is 14.0. The molecule has 0 radical (unpaired) electrons. The lowest BCUT2D eigenvalue weighted by Crippen LogP contribution is -2.12. The molecular formula is C19H20BrN3O2. The molecule has 0 atom stereocenters. The number of halogens is 1. The van der Waals surface area contributed by atoms with Crippen LogP contribution in [0.25, 0.3) is 0 Å². The topological polar surface area (TPSA) is 60.1 Å². The molecule has 0 aliphatic carbocycles. The first kappa shape index (κ1) is 17.5. The standard InChI is InChI=1S/C19H20BrN3O2/c1-2-3-6-14-7-4-5-8-17(14)22-19(24)18-10-9-16(25-18)13-23-12-15(20)11-21-23/h4-5,7-12H,2-3,6,13H2,1H3,(H,22,24). The van der Waals surface area contributed by atoms with Gasteiger partial charge in [0, 0.05) is 11.9 Å². The molecule has 0 fully saturated rings. The first-order valence-corrected chi connectivity index (χ1v) is 9.11. The fourth-order valence-corrected chi connectivity index (χ4v) is 2.91. The van der Waals surface area contributed by atoms with Gasteiger partial charge in [0.25, 0.3) is 5.91 Å². The summed E-state index contributed by atoms with van der Waals surface area (Å²) >= 11 is 3.36. The van der Waals surface area contributed by atoms with Crippen LogP contribution in [0.3, 0.4) is 0 Å². The molecule has 3 rings (SSSR count). The zero-order valence-corrected chi connectivity index (χ0v) is 15.6. The molecule has 130 valence electrons. The first-order chi connectivity index (χ1) is 12.2. The van der Waals surface area contributed by atoms with Crippen LogP contribution in [0, 0.1) is 0 Å². The summed E-state index contributed by atoms with van der Waals surface area (Å²) in [5.41, 5.74) is 1.99. The highest BCUT2D eigenvalue weighted by Crippen LogP contribution is 2.19. The van der Waals surface area contributed by atoms with E-state index in [9.17, 15) is 4.79 Å². The van der Waals surface area contributed by atoms with Crippen LogP contribution in [0.4, 0.5) is 5.69 Å². The van der Waals surface area contributed by atoms with Crippen molar-refractivity contribution in [1.29, 1.82) is 0 Å². The molecule has 0 saturated heterocycles. The second-order valence-corrected chi connectivity index (χ2v) is 6.75.